The van der Waals surface area contributed by atoms with E-state index in [1.165, 1.54) is 0 Å². The molecular weight excluding hydrogens is 214 g/mol. The molecule has 1 aromatic carbocycles. The van der Waals surface area contributed by atoms with E-state index in [1.807, 2.05) is 37.3 Å². The van der Waals surface area contributed by atoms with Crippen LogP contribution in [0, 0.1) is 0 Å². The average Bonchev–Trinajstić information content (AvgIpc) is 2.79. The molecule has 90 valence electrons. The number of hydrogen-bond donors (Lipinski definition) is 1. The average molecular weight is 231 g/mol. The summed E-state index contributed by atoms with van der Waals surface area (Å²) >= 11 is 0. The van der Waals surface area contributed by atoms with Gasteiger partial charge in [-0.25, -0.2) is 0 Å². The normalized spacial score (nSPS) is 12.6. The summed E-state index contributed by atoms with van der Waals surface area (Å²) in [6.45, 7) is 2.51. The third-order valence-electron chi connectivity index (χ3n) is 2.60. The summed E-state index contributed by atoms with van der Waals surface area (Å²) in [6, 6.07) is 11.9. The summed E-state index contributed by atoms with van der Waals surface area (Å²) in [5.41, 5.74) is 7.95. The molecule has 2 rings (SSSR count). The van der Waals surface area contributed by atoms with Gasteiger partial charge in [0.1, 0.15) is 11.5 Å². The Morgan fingerprint density at radius 2 is 2.12 bits per heavy atom. The lowest BCUT2D eigenvalue weighted by Gasteiger charge is -2.03. The minimum Gasteiger partial charge on any atom is -0.459 e. The maximum atomic E-state index is 5.77. The predicted octanol–water partition coefficient (Wildman–Crippen LogP) is 3.11. The molecule has 3 nitrogen and oxygen atoms in total. The smallest absolute Gasteiger partial charge is 0.134 e. The van der Waals surface area contributed by atoms with Crippen molar-refractivity contribution < 1.29 is 9.15 Å². The van der Waals surface area contributed by atoms with E-state index >= 15 is 0 Å². The van der Waals surface area contributed by atoms with E-state index in [-0.39, 0.29) is 6.04 Å². The molecule has 0 bridgehead atoms. The second-order valence-corrected chi connectivity index (χ2v) is 4.12. The van der Waals surface area contributed by atoms with Gasteiger partial charge in [-0.1, -0.05) is 18.2 Å². The molecule has 2 N–H and O–H groups in total. The van der Waals surface area contributed by atoms with Gasteiger partial charge in [0.2, 0.25) is 0 Å². The van der Waals surface area contributed by atoms with E-state index in [0.717, 1.165) is 22.6 Å². The van der Waals surface area contributed by atoms with Gasteiger partial charge in [0.25, 0.3) is 0 Å². The number of hydrogen-bond acceptors (Lipinski definition) is 3. The molecule has 1 heterocycles. The standard InChI is InChI=1S/C14H17NO2/c1-10(15)13-6-7-14(17-13)12-5-3-4-11(8-12)9-16-2/h3-8,10H,9,15H2,1-2H3. The summed E-state index contributed by atoms with van der Waals surface area (Å²) in [6.07, 6.45) is 0. The Balaban J connectivity index is 2.28. The molecule has 0 aliphatic heterocycles. The van der Waals surface area contributed by atoms with Crippen molar-refractivity contribution in [1.29, 1.82) is 0 Å². The van der Waals surface area contributed by atoms with Crippen LogP contribution in [0.15, 0.2) is 40.8 Å². The molecule has 2 aromatic rings. The zero-order valence-electron chi connectivity index (χ0n) is 10.1. The number of methoxy groups -OCH3 is 1. The van der Waals surface area contributed by atoms with Crippen LogP contribution in [0.1, 0.15) is 24.3 Å². The topological polar surface area (TPSA) is 48.4 Å². The van der Waals surface area contributed by atoms with Crippen LogP contribution in [0.25, 0.3) is 11.3 Å². The van der Waals surface area contributed by atoms with Crippen molar-refractivity contribution in [3.05, 3.63) is 47.7 Å². The highest BCUT2D eigenvalue weighted by Gasteiger charge is 2.08. The Bertz CT molecular complexity index is 488. The SMILES string of the molecule is COCc1cccc(-c2ccc(C(C)N)o2)c1. The molecule has 0 radical (unpaired) electrons. The van der Waals surface area contributed by atoms with Crippen molar-refractivity contribution in [2.45, 2.75) is 19.6 Å². The summed E-state index contributed by atoms with van der Waals surface area (Å²) < 4.78 is 10.8. The first-order valence-electron chi connectivity index (χ1n) is 5.64. The fourth-order valence-electron chi connectivity index (χ4n) is 1.73. The molecule has 1 atom stereocenters. The van der Waals surface area contributed by atoms with Gasteiger partial charge in [-0.15, -0.1) is 0 Å². The third kappa shape index (κ3) is 2.75. The van der Waals surface area contributed by atoms with Crippen LogP contribution in [0.3, 0.4) is 0 Å². The molecule has 0 spiro atoms. The van der Waals surface area contributed by atoms with Gasteiger partial charge in [0.15, 0.2) is 0 Å². The van der Waals surface area contributed by atoms with Gasteiger partial charge in [-0.2, -0.15) is 0 Å². The maximum absolute atomic E-state index is 5.77. The van der Waals surface area contributed by atoms with Crippen molar-refractivity contribution in [2.75, 3.05) is 7.11 Å². The zero-order valence-corrected chi connectivity index (χ0v) is 10.1. The number of rotatable bonds is 4. The van der Waals surface area contributed by atoms with Crippen LogP contribution in [0.4, 0.5) is 0 Å². The fourth-order valence-corrected chi connectivity index (χ4v) is 1.73. The summed E-state index contributed by atoms with van der Waals surface area (Å²) in [4.78, 5) is 0. The van der Waals surface area contributed by atoms with E-state index in [2.05, 4.69) is 6.07 Å². The monoisotopic (exact) mass is 231 g/mol. The number of benzene rings is 1. The van der Waals surface area contributed by atoms with Crippen molar-refractivity contribution >= 4 is 0 Å². The summed E-state index contributed by atoms with van der Waals surface area (Å²) in [7, 11) is 1.69. The molecule has 17 heavy (non-hydrogen) atoms. The Morgan fingerprint density at radius 3 is 2.76 bits per heavy atom. The second kappa shape index (κ2) is 5.17. The highest BCUT2D eigenvalue weighted by Crippen LogP contribution is 2.25. The van der Waals surface area contributed by atoms with Gasteiger partial charge >= 0.3 is 0 Å². The van der Waals surface area contributed by atoms with Crippen LogP contribution >= 0.6 is 0 Å². The molecule has 1 unspecified atom stereocenters. The van der Waals surface area contributed by atoms with Crippen molar-refractivity contribution in [2.24, 2.45) is 5.73 Å². The van der Waals surface area contributed by atoms with Crippen LogP contribution in [-0.2, 0) is 11.3 Å². The molecule has 0 saturated carbocycles. The summed E-state index contributed by atoms with van der Waals surface area (Å²) in [5, 5.41) is 0. The minimum atomic E-state index is -0.0779. The number of furan rings is 1. The van der Waals surface area contributed by atoms with Crippen molar-refractivity contribution in [3.8, 4) is 11.3 Å². The first-order chi connectivity index (χ1) is 8.20. The largest absolute Gasteiger partial charge is 0.459 e. The van der Waals surface area contributed by atoms with Gasteiger partial charge in [-0.05, 0) is 30.7 Å². The zero-order chi connectivity index (χ0) is 12.3. The second-order valence-electron chi connectivity index (χ2n) is 4.12. The van der Waals surface area contributed by atoms with Crippen molar-refractivity contribution in [3.63, 3.8) is 0 Å². The molecule has 1 aromatic heterocycles. The van der Waals surface area contributed by atoms with E-state index in [9.17, 15) is 0 Å². The lowest BCUT2D eigenvalue weighted by Crippen LogP contribution is -2.02. The third-order valence-corrected chi connectivity index (χ3v) is 2.60. The van der Waals surface area contributed by atoms with Gasteiger partial charge < -0.3 is 14.9 Å². The molecule has 0 fully saturated rings. The van der Waals surface area contributed by atoms with E-state index in [4.69, 9.17) is 14.9 Å². The highest BCUT2D eigenvalue weighted by molar-refractivity contribution is 5.58. The van der Waals surface area contributed by atoms with Crippen molar-refractivity contribution in [1.82, 2.24) is 0 Å². The lowest BCUT2D eigenvalue weighted by molar-refractivity contribution is 0.185. The molecular formula is C14H17NO2. The van der Waals surface area contributed by atoms with E-state index < -0.39 is 0 Å². The van der Waals surface area contributed by atoms with Crippen LogP contribution < -0.4 is 5.73 Å². The van der Waals surface area contributed by atoms with Gasteiger partial charge in [-0.3, -0.25) is 0 Å². The molecule has 0 aliphatic carbocycles. The Kier molecular flexibility index (Phi) is 3.61. The Labute approximate surface area is 101 Å². The number of nitrogens with two attached hydrogens (primary N) is 1. The van der Waals surface area contributed by atoms with Crippen LogP contribution in [0.5, 0.6) is 0 Å². The number of ether oxygens (including phenoxy) is 1. The molecule has 0 aliphatic rings. The first-order valence-corrected chi connectivity index (χ1v) is 5.64. The fraction of sp³-hybridized carbons (Fsp3) is 0.286. The maximum Gasteiger partial charge on any atom is 0.134 e. The predicted molar refractivity (Wildman–Crippen MR) is 67.5 cm³/mol. The Hall–Kier alpha value is -1.58. The van der Waals surface area contributed by atoms with E-state index in [0.29, 0.717) is 6.61 Å². The molecule has 0 amide bonds. The highest BCUT2D eigenvalue weighted by atomic mass is 16.5. The van der Waals surface area contributed by atoms with Gasteiger partial charge in [0.05, 0.1) is 12.6 Å². The van der Waals surface area contributed by atoms with Crippen LogP contribution in [-0.4, -0.2) is 7.11 Å². The quantitative estimate of drug-likeness (QED) is 0.879. The molecule has 3 heteroatoms. The Morgan fingerprint density at radius 1 is 1.29 bits per heavy atom. The van der Waals surface area contributed by atoms with Crippen LogP contribution in [0.2, 0.25) is 0 Å². The van der Waals surface area contributed by atoms with E-state index in [1.54, 1.807) is 7.11 Å². The summed E-state index contributed by atoms with van der Waals surface area (Å²) in [5.74, 6) is 1.65. The minimum absolute atomic E-state index is 0.0779. The van der Waals surface area contributed by atoms with Gasteiger partial charge in [0, 0.05) is 12.7 Å². The lowest BCUT2D eigenvalue weighted by atomic mass is 10.1. The molecule has 0 saturated heterocycles. The first kappa shape index (κ1) is 11.9.